The predicted molar refractivity (Wildman–Crippen MR) is 96.8 cm³/mol. The van der Waals surface area contributed by atoms with Crippen molar-refractivity contribution in [3.63, 3.8) is 0 Å². The molecule has 3 rings (SSSR count). The highest BCUT2D eigenvalue weighted by molar-refractivity contribution is 8.00. The first-order valence-corrected chi connectivity index (χ1v) is 9.24. The standard InChI is InChI=1S/C19H23NO2S/c1-14(16-7-6-15-4-2-3-5-17(15)12-16)23-13-19(21)20-18-8-10-22-11-9-18/h2-7,12,14,18H,8-11,13H2,1H3,(H,20,21)/t14-/m0/s1. The lowest BCUT2D eigenvalue weighted by Gasteiger charge is -2.23. The zero-order chi connectivity index (χ0) is 16.1. The van der Waals surface area contributed by atoms with Crippen molar-refractivity contribution in [1.82, 2.24) is 5.32 Å². The van der Waals surface area contributed by atoms with Crippen LogP contribution in [0.1, 0.15) is 30.6 Å². The summed E-state index contributed by atoms with van der Waals surface area (Å²) in [6.45, 7) is 3.67. The van der Waals surface area contributed by atoms with Crippen LogP contribution in [0.5, 0.6) is 0 Å². The largest absolute Gasteiger partial charge is 0.381 e. The molecule has 3 nitrogen and oxygen atoms in total. The molecular formula is C19H23NO2S. The average Bonchev–Trinajstić information content (AvgIpc) is 2.60. The minimum absolute atomic E-state index is 0.134. The van der Waals surface area contributed by atoms with E-state index in [1.54, 1.807) is 11.8 Å². The molecule has 1 saturated heterocycles. The summed E-state index contributed by atoms with van der Waals surface area (Å²) in [4.78, 5) is 12.1. The van der Waals surface area contributed by atoms with Gasteiger partial charge in [0.1, 0.15) is 0 Å². The zero-order valence-corrected chi connectivity index (χ0v) is 14.3. The van der Waals surface area contributed by atoms with Crippen molar-refractivity contribution in [1.29, 1.82) is 0 Å². The fourth-order valence-electron chi connectivity index (χ4n) is 2.87. The quantitative estimate of drug-likeness (QED) is 0.903. The monoisotopic (exact) mass is 329 g/mol. The molecule has 0 unspecified atom stereocenters. The maximum atomic E-state index is 12.1. The number of benzene rings is 2. The molecule has 0 aromatic heterocycles. The molecule has 122 valence electrons. The Morgan fingerprint density at radius 1 is 1.22 bits per heavy atom. The van der Waals surface area contributed by atoms with Crippen LogP contribution in [-0.2, 0) is 9.53 Å². The molecule has 1 N–H and O–H groups in total. The topological polar surface area (TPSA) is 38.3 Å². The first-order chi connectivity index (χ1) is 11.2. The molecule has 0 saturated carbocycles. The van der Waals surface area contributed by atoms with Crippen molar-refractivity contribution in [2.45, 2.75) is 31.1 Å². The van der Waals surface area contributed by atoms with E-state index < -0.39 is 0 Å². The number of thioether (sulfide) groups is 1. The molecule has 1 heterocycles. The second-order valence-corrected chi connectivity index (χ2v) is 7.34. The van der Waals surface area contributed by atoms with Crippen LogP contribution < -0.4 is 5.32 Å². The second kappa shape index (κ2) is 7.84. The Labute approximate surface area is 141 Å². The molecule has 1 aliphatic rings. The van der Waals surface area contributed by atoms with Crippen molar-refractivity contribution >= 4 is 28.4 Å². The minimum Gasteiger partial charge on any atom is -0.381 e. The van der Waals surface area contributed by atoms with Gasteiger partial charge in [0.25, 0.3) is 0 Å². The molecule has 0 spiro atoms. The van der Waals surface area contributed by atoms with Crippen LogP contribution in [0.2, 0.25) is 0 Å². The van der Waals surface area contributed by atoms with Crippen LogP contribution in [0.15, 0.2) is 42.5 Å². The molecule has 1 aliphatic heterocycles. The second-order valence-electron chi connectivity index (χ2n) is 6.01. The Morgan fingerprint density at radius 2 is 1.96 bits per heavy atom. The summed E-state index contributed by atoms with van der Waals surface area (Å²) in [5, 5.41) is 5.93. The van der Waals surface area contributed by atoms with Crippen molar-refractivity contribution in [2.75, 3.05) is 19.0 Å². The van der Waals surface area contributed by atoms with Gasteiger partial charge < -0.3 is 10.1 Å². The fourth-order valence-corrected chi connectivity index (χ4v) is 3.69. The number of fused-ring (bicyclic) bond motifs is 1. The van der Waals surface area contributed by atoms with Gasteiger partial charge in [-0.1, -0.05) is 42.5 Å². The molecular weight excluding hydrogens is 306 g/mol. The number of nitrogens with one attached hydrogen (secondary N) is 1. The number of hydrogen-bond donors (Lipinski definition) is 1. The number of carbonyl (C=O) groups is 1. The van der Waals surface area contributed by atoms with Crippen LogP contribution in [0.4, 0.5) is 0 Å². The van der Waals surface area contributed by atoms with E-state index in [-0.39, 0.29) is 11.9 Å². The smallest absolute Gasteiger partial charge is 0.230 e. The summed E-state index contributed by atoms with van der Waals surface area (Å²) >= 11 is 1.69. The summed E-state index contributed by atoms with van der Waals surface area (Å²) in [5.41, 5.74) is 1.27. The highest BCUT2D eigenvalue weighted by Crippen LogP contribution is 2.30. The molecule has 0 bridgehead atoms. The molecule has 23 heavy (non-hydrogen) atoms. The number of amides is 1. The molecule has 1 fully saturated rings. The van der Waals surface area contributed by atoms with E-state index in [4.69, 9.17) is 4.74 Å². The van der Waals surface area contributed by atoms with Crippen molar-refractivity contribution in [3.05, 3.63) is 48.0 Å². The molecule has 4 heteroatoms. The lowest BCUT2D eigenvalue weighted by Crippen LogP contribution is -2.39. The van der Waals surface area contributed by atoms with E-state index in [1.165, 1.54) is 16.3 Å². The Hall–Kier alpha value is -1.52. The van der Waals surface area contributed by atoms with Gasteiger partial charge in [-0.2, -0.15) is 0 Å². The van der Waals surface area contributed by atoms with E-state index in [0.717, 1.165) is 26.1 Å². The fraction of sp³-hybridized carbons (Fsp3) is 0.421. The Bertz CT molecular complexity index is 667. The van der Waals surface area contributed by atoms with Crippen LogP contribution >= 0.6 is 11.8 Å². The third-order valence-electron chi connectivity index (χ3n) is 4.29. The Kier molecular flexibility index (Phi) is 5.57. The van der Waals surface area contributed by atoms with Gasteiger partial charge in [-0.25, -0.2) is 0 Å². The van der Waals surface area contributed by atoms with Gasteiger partial charge in [0.15, 0.2) is 0 Å². The summed E-state index contributed by atoms with van der Waals surface area (Å²) in [6, 6.07) is 15.2. The number of rotatable bonds is 5. The third kappa shape index (κ3) is 4.49. The number of hydrogen-bond acceptors (Lipinski definition) is 3. The van der Waals surface area contributed by atoms with Crippen molar-refractivity contribution in [3.8, 4) is 0 Å². The SMILES string of the molecule is C[C@H](SCC(=O)NC1CCOCC1)c1ccc2ccccc2c1. The highest BCUT2D eigenvalue weighted by Gasteiger charge is 2.17. The maximum absolute atomic E-state index is 12.1. The van der Waals surface area contributed by atoms with Crippen LogP contribution in [-0.4, -0.2) is 30.9 Å². The Balaban J connectivity index is 1.53. The average molecular weight is 329 g/mol. The van der Waals surface area contributed by atoms with Gasteiger partial charge in [-0.3, -0.25) is 4.79 Å². The van der Waals surface area contributed by atoms with Gasteiger partial charge >= 0.3 is 0 Å². The van der Waals surface area contributed by atoms with E-state index in [9.17, 15) is 4.79 Å². The Morgan fingerprint density at radius 3 is 2.74 bits per heavy atom. The molecule has 2 aromatic rings. The molecule has 2 aromatic carbocycles. The number of ether oxygens (including phenoxy) is 1. The van der Waals surface area contributed by atoms with E-state index >= 15 is 0 Å². The van der Waals surface area contributed by atoms with Gasteiger partial charge in [-0.05, 0) is 36.1 Å². The summed E-state index contributed by atoms with van der Waals surface area (Å²) in [7, 11) is 0. The van der Waals surface area contributed by atoms with Crippen molar-refractivity contribution in [2.24, 2.45) is 0 Å². The van der Waals surface area contributed by atoms with Crippen LogP contribution in [0, 0.1) is 0 Å². The first kappa shape index (κ1) is 16.3. The normalized spacial score (nSPS) is 17.1. The summed E-state index contributed by atoms with van der Waals surface area (Å²) in [5.74, 6) is 0.639. The van der Waals surface area contributed by atoms with Crippen molar-refractivity contribution < 1.29 is 9.53 Å². The minimum atomic E-state index is 0.134. The lowest BCUT2D eigenvalue weighted by molar-refractivity contribution is -0.119. The van der Waals surface area contributed by atoms with Gasteiger partial charge in [0.2, 0.25) is 5.91 Å². The summed E-state index contributed by atoms with van der Waals surface area (Å²) < 4.78 is 5.32. The van der Waals surface area contributed by atoms with Crippen LogP contribution in [0.25, 0.3) is 10.8 Å². The molecule has 0 radical (unpaired) electrons. The zero-order valence-electron chi connectivity index (χ0n) is 13.5. The third-order valence-corrected chi connectivity index (χ3v) is 5.49. The van der Waals surface area contributed by atoms with E-state index in [2.05, 4.69) is 54.7 Å². The maximum Gasteiger partial charge on any atom is 0.230 e. The predicted octanol–water partition coefficient (Wildman–Crippen LogP) is 3.93. The molecule has 1 amide bonds. The summed E-state index contributed by atoms with van der Waals surface area (Å²) in [6.07, 6.45) is 1.85. The van der Waals surface area contributed by atoms with E-state index in [1.807, 2.05) is 0 Å². The van der Waals surface area contributed by atoms with Gasteiger partial charge in [0, 0.05) is 24.5 Å². The molecule has 0 aliphatic carbocycles. The van der Waals surface area contributed by atoms with Gasteiger partial charge in [-0.15, -0.1) is 11.8 Å². The van der Waals surface area contributed by atoms with E-state index in [0.29, 0.717) is 11.0 Å². The first-order valence-electron chi connectivity index (χ1n) is 8.20. The highest BCUT2D eigenvalue weighted by atomic mass is 32.2. The number of carbonyl (C=O) groups excluding carboxylic acids is 1. The lowest BCUT2D eigenvalue weighted by atomic mass is 10.1. The molecule has 1 atom stereocenters. The van der Waals surface area contributed by atoms with Crippen LogP contribution in [0.3, 0.4) is 0 Å². The van der Waals surface area contributed by atoms with Gasteiger partial charge in [0.05, 0.1) is 5.75 Å².